The molecule has 112 valence electrons. The van der Waals surface area contributed by atoms with E-state index in [9.17, 15) is 9.59 Å². The van der Waals surface area contributed by atoms with Crippen LogP contribution in [0.1, 0.15) is 43.5 Å². The first-order valence-corrected chi connectivity index (χ1v) is 6.83. The number of nitrogens with zero attached hydrogens (tertiary/aromatic N) is 2. The van der Waals surface area contributed by atoms with E-state index in [1.807, 2.05) is 13.8 Å². The molecule has 1 amide bonds. The fourth-order valence-electron chi connectivity index (χ4n) is 1.77. The van der Waals surface area contributed by atoms with Crippen molar-refractivity contribution in [2.75, 3.05) is 18.9 Å². The van der Waals surface area contributed by atoms with Crippen molar-refractivity contribution < 1.29 is 14.3 Å². The van der Waals surface area contributed by atoms with Crippen LogP contribution in [0.3, 0.4) is 0 Å². The lowest BCUT2D eigenvalue weighted by Crippen LogP contribution is -2.29. The lowest BCUT2D eigenvalue weighted by molar-refractivity contribution is -0.121. The van der Waals surface area contributed by atoms with Crippen molar-refractivity contribution in [1.29, 1.82) is 0 Å². The fourth-order valence-corrected chi connectivity index (χ4v) is 1.77. The third kappa shape index (κ3) is 3.72. The molecule has 0 spiro atoms. The highest BCUT2D eigenvalue weighted by atomic mass is 16.5. The third-order valence-electron chi connectivity index (χ3n) is 2.74. The summed E-state index contributed by atoms with van der Waals surface area (Å²) >= 11 is 0. The van der Waals surface area contributed by atoms with Gasteiger partial charge in [0, 0.05) is 13.0 Å². The van der Waals surface area contributed by atoms with E-state index in [1.165, 1.54) is 0 Å². The average molecular weight is 282 g/mol. The lowest BCUT2D eigenvalue weighted by Gasteiger charge is -2.09. The fraction of sp³-hybridized carbons (Fsp3) is 0.615. The van der Waals surface area contributed by atoms with Crippen LogP contribution in [-0.2, 0) is 22.5 Å². The van der Waals surface area contributed by atoms with E-state index in [2.05, 4.69) is 10.3 Å². The number of carbonyl (C=O) groups excluding carboxylic acids is 2. The van der Waals surface area contributed by atoms with Gasteiger partial charge in [-0.3, -0.25) is 4.79 Å². The molecule has 1 heterocycles. The standard InChI is InChI=1S/C13H22N4O3/c1-4-7-15-10(18)8-17-9(5-2)16-11(12(17)14)13(19)20-6-3/h4-8,14H2,1-3H3,(H,15,18). The first-order chi connectivity index (χ1) is 9.54. The molecule has 1 rings (SSSR count). The van der Waals surface area contributed by atoms with Gasteiger partial charge < -0.3 is 20.4 Å². The van der Waals surface area contributed by atoms with Gasteiger partial charge in [0.25, 0.3) is 0 Å². The number of amides is 1. The van der Waals surface area contributed by atoms with Gasteiger partial charge in [-0.05, 0) is 13.3 Å². The SMILES string of the molecule is CCCNC(=O)Cn1c(CC)nc(C(=O)OCC)c1N. The largest absolute Gasteiger partial charge is 0.461 e. The molecule has 1 aromatic rings. The summed E-state index contributed by atoms with van der Waals surface area (Å²) in [7, 11) is 0. The van der Waals surface area contributed by atoms with E-state index >= 15 is 0 Å². The zero-order chi connectivity index (χ0) is 15.1. The van der Waals surface area contributed by atoms with Crippen molar-refractivity contribution in [2.24, 2.45) is 0 Å². The number of anilines is 1. The third-order valence-corrected chi connectivity index (χ3v) is 2.74. The summed E-state index contributed by atoms with van der Waals surface area (Å²) in [6.45, 7) is 6.49. The van der Waals surface area contributed by atoms with Crippen molar-refractivity contribution in [1.82, 2.24) is 14.9 Å². The summed E-state index contributed by atoms with van der Waals surface area (Å²) in [6.07, 6.45) is 1.44. The number of hydrogen-bond donors (Lipinski definition) is 2. The van der Waals surface area contributed by atoms with Crippen LogP contribution in [0.5, 0.6) is 0 Å². The molecular formula is C13H22N4O3. The number of nitrogens with one attached hydrogen (secondary N) is 1. The van der Waals surface area contributed by atoms with Crippen LogP contribution < -0.4 is 11.1 Å². The Bertz CT molecular complexity index is 482. The maximum atomic E-state index is 11.8. The molecular weight excluding hydrogens is 260 g/mol. The quantitative estimate of drug-likeness (QED) is 0.718. The highest BCUT2D eigenvalue weighted by molar-refractivity contribution is 5.92. The maximum Gasteiger partial charge on any atom is 0.360 e. The van der Waals surface area contributed by atoms with E-state index in [0.717, 1.165) is 6.42 Å². The van der Waals surface area contributed by atoms with Gasteiger partial charge in [-0.2, -0.15) is 0 Å². The minimum absolute atomic E-state index is 0.0570. The minimum atomic E-state index is -0.563. The topological polar surface area (TPSA) is 99.2 Å². The van der Waals surface area contributed by atoms with Crippen molar-refractivity contribution in [3.63, 3.8) is 0 Å². The molecule has 0 aliphatic rings. The van der Waals surface area contributed by atoms with E-state index < -0.39 is 5.97 Å². The molecule has 3 N–H and O–H groups in total. The zero-order valence-electron chi connectivity index (χ0n) is 12.2. The zero-order valence-corrected chi connectivity index (χ0v) is 12.2. The predicted molar refractivity (Wildman–Crippen MR) is 75.3 cm³/mol. The van der Waals surface area contributed by atoms with Gasteiger partial charge >= 0.3 is 5.97 Å². The summed E-state index contributed by atoms with van der Waals surface area (Å²) in [5.41, 5.74) is 5.98. The number of esters is 1. The van der Waals surface area contributed by atoms with E-state index in [4.69, 9.17) is 10.5 Å². The number of hydrogen-bond acceptors (Lipinski definition) is 5. The Morgan fingerprint density at radius 3 is 2.60 bits per heavy atom. The Morgan fingerprint density at radius 2 is 2.05 bits per heavy atom. The van der Waals surface area contributed by atoms with Crippen LogP contribution >= 0.6 is 0 Å². The number of imidazole rings is 1. The molecule has 20 heavy (non-hydrogen) atoms. The Hall–Kier alpha value is -2.05. The maximum absolute atomic E-state index is 11.8. The minimum Gasteiger partial charge on any atom is -0.461 e. The van der Waals surface area contributed by atoms with Gasteiger partial charge in [0.05, 0.1) is 6.61 Å². The molecule has 0 bridgehead atoms. The number of rotatable bonds is 7. The normalized spacial score (nSPS) is 10.3. The summed E-state index contributed by atoms with van der Waals surface area (Å²) < 4.78 is 6.45. The summed E-state index contributed by atoms with van der Waals surface area (Å²) in [4.78, 5) is 27.7. The van der Waals surface area contributed by atoms with Crippen LogP contribution in [-0.4, -0.2) is 34.6 Å². The van der Waals surface area contributed by atoms with Gasteiger partial charge in [0.2, 0.25) is 5.91 Å². The molecule has 0 atom stereocenters. The summed E-state index contributed by atoms with van der Waals surface area (Å²) in [5, 5.41) is 2.76. The van der Waals surface area contributed by atoms with Gasteiger partial charge in [-0.15, -0.1) is 0 Å². The number of carbonyl (C=O) groups is 2. The lowest BCUT2D eigenvalue weighted by atomic mass is 10.4. The van der Waals surface area contributed by atoms with Gasteiger partial charge in [0.1, 0.15) is 18.2 Å². The Morgan fingerprint density at radius 1 is 1.35 bits per heavy atom. The molecule has 0 fully saturated rings. The number of aryl methyl sites for hydroxylation is 1. The average Bonchev–Trinajstić information content (AvgIpc) is 2.74. The molecule has 7 heteroatoms. The first kappa shape index (κ1) is 16.0. The highest BCUT2D eigenvalue weighted by Gasteiger charge is 2.21. The van der Waals surface area contributed by atoms with E-state index in [0.29, 0.717) is 18.8 Å². The van der Waals surface area contributed by atoms with Gasteiger partial charge in [-0.1, -0.05) is 13.8 Å². The monoisotopic (exact) mass is 282 g/mol. The summed E-state index contributed by atoms with van der Waals surface area (Å²) in [5.74, 6) is 0.0534. The molecule has 0 saturated carbocycles. The van der Waals surface area contributed by atoms with Crippen molar-refractivity contribution in [3.8, 4) is 0 Å². The Labute approximate surface area is 118 Å². The van der Waals surface area contributed by atoms with Crippen molar-refractivity contribution >= 4 is 17.7 Å². The van der Waals surface area contributed by atoms with Crippen molar-refractivity contribution in [2.45, 2.75) is 40.2 Å². The molecule has 0 aromatic carbocycles. The highest BCUT2D eigenvalue weighted by Crippen LogP contribution is 2.16. The molecule has 0 saturated heterocycles. The van der Waals surface area contributed by atoms with E-state index in [1.54, 1.807) is 11.5 Å². The molecule has 0 aliphatic heterocycles. The second kappa shape index (κ2) is 7.52. The van der Waals surface area contributed by atoms with Crippen molar-refractivity contribution in [3.05, 3.63) is 11.5 Å². The van der Waals surface area contributed by atoms with Crippen LogP contribution in [0.25, 0.3) is 0 Å². The van der Waals surface area contributed by atoms with Gasteiger partial charge in [-0.25, -0.2) is 9.78 Å². The van der Waals surface area contributed by atoms with Crippen LogP contribution in [0.2, 0.25) is 0 Å². The second-order valence-electron chi connectivity index (χ2n) is 4.27. The van der Waals surface area contributed by atoms with Crippen LogP contribution in [0.4, 0.5) is 5.82 Å². The number of nitrogen functional groups attached to an aromatic ring is 1. The molecule has 0 aliphatic carbocycles. The van der Waals surface area contributed by atoms with E-state index in [-0.39, 0.29) is 30.6 Å². The van der Waals surface area contributed by atoms with Crippen LogP contribution in [0, 0.1) is 0 Å². The molecule has 7 nitrogen and oxygen atoms in total. The predicted octanol–water partition coefficient (Wildman–Crippen LogP) is 0.731. The molecule has 0 unspecified atom stereocenters. The first-order valence-electron chi connectivity index (χ1n) is 6.83. The smallest absolute Gasteiger partial charge is 0.360 e. The Kier molecular flexibility index (Phi) is 6.02. The number of nitrogens with two attached hydrogens (primary N) is 1. The van der Waals surface area contributed by atoms with Crippen LogP contribution in [0.15, 0.2) is 0 Å². The van der Waals surface area contributed by atoms with Gasteiger partial charge in [0.15, 0.2) is 5.69 Å². The molecule has 1 aromatic heterocycles. The Balaban J connectivity index is 2.95. The second-order valence-corrected chi connectivity index (χ2v) is 4.27. The summed E-state index contributed by atoms with van der Waals surface area (Å²) in [6, 6.07) is 0. The molecule has 0 radical (unpaired) electrons. The number of ether oxygens (including phenoxy) is 1. The number of aromatic nitrogens is 2.